The molecule has 1 aromatic rings. The van der Waals surface area contributed by atoms with Crippen molar-refractivity contribution in [2.75, 3.05) is 20.2 Å². The maximum absolute atomic E-state index is 12.5. The maximum Gasteiger partial charge on any atom is 0.223 e. The first-order valence-corrected chi connectivity index (χ1v) is 7.77. The summed E-state index contributed by atoms with van der Waals surface area (Å²) in [5.41, 5.74) is 6.92. The molecular formula is C17H27ClN2O2. The third-order valence-electron chi connectivity index (χ3n) is 4.37. The molecule has 2 N–H and O–H groups in total. The second kappa shape index (κ2) is 9.01. The Bertz CT molecular complexity index is 481. The fraction of sp³-hybridized carbons (Fsp3) is 0.588. The van der Waals surface area contributed by atoms with Gasteiger partial charge < -0.3 is 15.4 Å². The maximum atomic E-state index is 12.5. The SMILES string of the molecule is COc1ccccc1CCC(=O)N1CCC(C)CC1CN.Cl. The molecule has 1 aromatic carbocycles. The number of likely N-dealkylation sites (tertiary alicyclic amines) is 1. The number of hydrogen-bond donors (Lipinski definition) is 1. The Morgan fingerprint density at radius 1 is 1.41 bits per heavy atom. The smallest absolute Gasteiger partial charge is 0.223 e. The van der Waals surface area contributed by atoms with E-state index in [4.69, 9.17) is 10.5 Å². The summed E-state index contributed by atoms with van der Waals surface area (Å²) in [6.45, 7) is 3.64. The van der Waals surface area contributed by atoms with Crippen molar-refractivity contribution in [2.45, 2.75) is 38.6 Å². The molecule has 0 saturated carbocycles. The summed E-state index contributed by atoms with van der Waals surface area (Å²) in [5.74, 6) is 1.73. The number of aryl methyl sites for hydroxylation is 1. The number of para-hydroxylation sites is 1. The second-order valence-corrected chi connectivity index (χ2v) is 5.92. The van der Waals surface area contributed by atoms with Gasteiger partial charge in [-0.25, -0.2) is 0 Å². The summed E-state index contributed by atoms with van der Waals surface area (Å²) in [6.07, 6.45) is 3.34. The molecule has 1 heterocycles. The lowest BCUT2D eigenvalue weighted by Gasteiger charge is -2.38. The number of carbonyl (C=O) groups is 1. The van der Waals surface area contributed by atoms with Gasteiger partial charge in [-0.15, -0.1) is 12.4 Å². The van der Waals surface area contributed by atoms with Crippen LogP contribution in [0.4, 0.5) is 0 Å². The molecule has 124 valence electrons. The van der Waals surface area contributed by atoms with Gasteiger partial charge >= 0.3 is 0 Å². The monoisotopic (exact) mass is 326 g/mol. The number of nitrogens with two attached hydrogens (primary N) is 1. The number of halogens is 1. The van der Waals surface area contributed by atoms with E-state index in [0.29, 0.717) is 25.3 Å². The molecule has 2 unspecified atom stereocenters. The van der Waals surface area contributed by atoms with Crippen LogP contribution in [0.3, 0.4) is 0 Å². The van der Waals surface area contributed by atoms with Gasteiger partial charge in [-0.05, 0) is 36.8 Å². The van der Waals surface area contributed by atoms with E-state index in [-0.39, 0.29) is 24.4 Å². The first kappa shape index (κ1) is 18.8. The van der Waals surface area contributed by atoms with Crippen molar-refractivity contribution < 1.29 is 9.53 Å². The van der Waals surface area contributed by atoms with E-state index in [1.807, 2.05) is 29.2 Å². The van der Waals surface area contributed by atoms with Crippen LogP contribution >= 0.6 is 12.4 Å². The van der Waals surface area contributed by atoms with Crippen molar-refractivity contribution in [2.24, 2.45) is 11.7 Å². The Balaban J connectivity index is 0.00000242. The van der Waals surface area contributed by atoms with E-state index >= 15 is 0 Å². The van der Waals surface area contributed by atoms with Crippen LogP contribution in [0.5, 0.6) is 5.75 Å². The molecule has 0 spiro atoms. The van der Waals surface area contributed by atoms with Gasteiger partial charge in [0.25, 0.3) is 0 Å². The molecular weight excluding hydrogens is 300 g/mol. The topological polar surface area (TPSA) is 55.6 Å². The lowest BCUT2D eigenvalue weighted by atomic mass is 9.92. The van der Waals surface area contributed by atoms with Crippen molar-refractivity contribution in [3.63, 3.8) is 0 Å². The summed E-state index contributed by atoms with van der Waals surface area (Å²) >= 11 is 0. The number of amides is 1. The summed E-state index contributed by atoms with van der Waals surface area (Å²) in [6, 6.07) is 8.09. The van der Waals surface area contributed by atoms with Crippen molar-refractivity contribution in [1.82, 2.24) is 4.90 Å². The molecule has 4 nitrogen and oxygen atoms in total. The third-order valence-corrected chi connectivity index (χ3v) is 4.37. The van der Waals surface area contributed by atoms with E-state index in [1.54, 1.807) is 7.11 Å². The number of nitrogens with zero attached hydrogens (tertiary/aromatic N) is 1. The zero-order valence-corrected chi connectivity index (χ0v) is 14.3. The number of hydrogen-bond acceptors (Lipinski definition) is 3. The quantitative estimate of drug-likeness (QED) is 0.905. The molecule has 5 heteroatoms. The molecule has 1 aliphatic heterocycles. The molecule has 0 aromatic heterocycles. The third kappa shape index (κ3) is 4.62. The minimum atomic E-state index is 0. The molecule has 1 amide bonds. The van der Waals surface area contributed by atoms with Gasteiger partial charge in [0.05, 0.1) is 7.11 Å². The number of benzene rings is 1. The molecule has 0 aliphatic carbocycles. The Labute approximate surface area is 139 Å². The van der Waals surface area contributed by atoms with Gasteiger partial charge in [-0.3, -0.25) is 4.79 Å². The molecule has 1 aliphatic rings. The van der Waals surface area contributed by atoms with Gasteiger partial charge in [-0.2, -0.15) is 0 Å². The predicted octanol–water partition coefficient (Wildman–Crippen LogP) is 2.64. The molecule has 1 saturated heterocycles. The Hall–Kier alpha value is -1.26. The van der Waals surface area contributed by atoms with Gasteiger partial charge in [-0.1, -0.05) is 25.1 Å². The average Bonchev–Trinajstić information content (AvgIpc) is 2.52. The lowest BCUT2D eigenvalue weighted by Crippen LogP contribution is -2.49. The molecule has 2 atom stereocenters. The fourth-order valence-electron chi connectivity index (χ4n) is 3.10. The summed E-state index contributed by atoms with van der Waals surface area (Å²) in [5, 5.41) is 0. The average molecular weight is 327 g/mol. The van der Waals surface area contributed by atoms with E-state index < -0.39 is 0 Å². The van der Waals surface area contributed by atoms with Crippen molar-refractivity contribution in [3.05, 3.63) is 29.8 Å². The highest BCUT2D eigenvalue weighted by Crippen LogP contribution is 2.24. The zero-order valence-electron chi connectivity index (χ0n) is 13.5. The molecule has 22 heavy (non-hydrogen) atoms. The van der Waals surface area contributed by atoms with E-state index in [9.17, 15) is 4.79 Å². The highest BCUT2D eigenvalue weighted by atomic mass is 35.5. The highest BCUT2D eigenvalue weighted by Gasteiger charge is 2.28. The standard InChI is InChI=1S/C17H26N2O2.ClH/c1-13-9-10-19(15(11-13)12-18)17(20)8-7-14-5-3-4-6-16(14)21-2;/h3-6,13,15H,7-12,18H2,1-2H3;1H. The van der Waals surface area contributed by atoms with Crippen LogP contribution in [0.1, 0.15) is 31.7 Å². The Morgan fingerprint density at radius 3 is 2.82 bits per heavy atom. The van der Waals surface area contributed by atoms with Crippen molar-refractivity contribution >= 4 is 18.3 Å². The minimum absolute atomic E-state index is 0. The minimum Gasteiger partial charge on any atom is -0.496 e. The van der Waals surface area contributed by atoms with Crippen molar-refractivity contribution in [3.8, 4) is 5.75 Å². The summed E-state index contributed by atoms with van der Waals surface area (Å²) < 4.78 is 5.33. The van der Waals surface area contributed by atoms with Crippen molar-refractivity contribution in [1.29, 1.82) is 0 Å². The second-order valence-electron chi connectivity index (χ2n) is 5.92. The van der Waals surface area contributed by atoms with E-state index in [2.05, 4.69) is 6.92 Å². The van der Waals surface area contributed by atoms with E-state index in [0.717, 1.165) is 30.7 Å². The molecule has 0 radical (unpaired) electrons. The highest BCUT2D eigenvalue weighted by molar-refractivity contribution is 5.85. The first-order chi connectivity index (χ1) is 10.2. The largest absolute Gasteiger partial charge is 0.496 e. The van der Waals surface area contributed by atoms with Gasteiger partial charge in [0.1, 0.15) is 5.75 Å². The van der Waals surface area contributed by atoms with Crippen LogP contribution in [0, 0.1) is 5.92 Å². The normalized spacial score (nSPS) is 21.1. The lowest BCUT2D eigenvalue weighted by molar-refractivity contribution is -0.135. The molecule has 2 rings (SSSR count). The number of methoxy groups -OCH3 is 1. The number of piperidine rings is 1. The van der Waals surface area contributed by atoms with Crippen LogP contribution in [-0.4, -0.2) is 37.0 Å². The number of carbonyl (C=O) groups excluding carboxylic acids is 1. The van der Waals surface area contributed by atoms with E-state index in [1.165, 1.54) is 0 Å². The molecule has 0 bridgehead atoms. The number of ether oxygens (including phenoxy) is 1. The van der Waals surface area contributed by atoms with Crippen LogP contribution in [0.15, 0.2) is 24.3 Å². The number of rotatable bonds is 5. The first-order valence-electron chi connectivity index (χ1n) is 7.77. The van der Waals surface area contributed by atoms with Crippen LogP contribution in [-0.2, 0) is 11.2 Å². The van der Waals surface area contributed by atoms with Crippen LogP contribution < -0.4 is 10.5 Å². The van der Waals surface area contributed by atoms with Gasteiger partial charge in [0.2, 0.25) is 5.91 Å². The van der Waals surface area contributed by atoms with Crippen LogP contribution in [0.2, 0.25) is 0 Å². The summed E-state index contributed by atoms with van der Waals surface area (Å²) in [7, 11) is 1.66. The predicted molar refractivity (Wildman–Crippen MR) is 91.5 cm³/mol. The Morgan fingerprint density at radius 2 is 2.14 bits per heavy atom. The molecule has 1 fully saturated rings. The van der Waals surface area contributed by atoms with Gasteiger partial charge in [0, 0.05) is 25.6 Å². The fourth-order valence-corrected chi connectivity index (χ4v) is 3.10. The van der Waals surface area contributed by atoms with Gasteiger partial charge in [0.15, 0.2) is 0 Å². The summed E-state index contributed by atoms with van der Waals surface area (Å²) in [4.78, 5) is 14.5. The zero-order chi connectivity index (χ0) is 15.2. The Kier molecular flexibility index (Phi) is 7.69. The van der Waals surface area contributed by atoms with Crippen LogP contribution in [0.25, 0.3) is 0 Å².